The Labute approximate surface area is 136 Å². The van der Waals surface area contributed by atoms with E-state index < -0.39 is 0 Å². The Morgan fingerprint density at radius 3 is 2.83 bits per heavy atom. The van der Waals surface area contributed by atoms with Crippen molar-refractivity contribution in [2.45, 2.75) is 25.9 Å². The maximum Gasteiger partial charge on any atom is 0.221 e. The molecule has 1 N–H and O–H groups in total. The molecule has 2 rings (SSSR count). The van der Waals surface area contributed by atoms with Gasteiger partial charge in [-0.15, -0.1) is 0 Å². The first-order valence-electron chi connectivity index (χ1n) is 7.53. The lowest BCUT2D eigenvalue weighted by atomic mass is 10.1. The predicted molar refractivity (Wildman–Crippen MR) is 88.1 cm³/mol. The third-order valence-corrected chi connectivity index (χ3v) is 3.76. The summed E-state index contributed by atoms with van der Waals surface area (Å²) >= 11 is 0. The number of methoxy groups -OCH3 is 1. The molecule has 0 aliphatic heterocycles. The third kappa shape index (κ3) is 4.56. The van der Waals surface area contributed by atoms with Crippen LogP contribution < -0.4 is 10.1 Å². The average molecular weight is 317 g/mol. The molecule has 0 aliphatic carbocycles. The summed E-state index contributed by atoms with van der Waals surface area (Å²) in [6, 6.07) is 9.60. The third-order valence-electron chi connectivity index (χ3n) is 3.76. The predicted octanol–water partition coefficient (Wildman–Crippen LogP) is 2.31. The largest absolute Gasteiger partial charge is 0.496 e. The molecule has 6 heteroatoms. The molecule has 1 heterocycles. The van der Waals surface area contributed by atoms with Crippen LogP contribution in [0.3, 0.4) is 0 Å². The van der Waals surface area contributed by atoms with E-state index in [1.54, 1.807) is 7.11 Å². The van der Waals surface area contributed by atoms with Crippen LogP contribution >= 0.6 is 0 Å². The van der Waals surface area contributed by atoms with Gasteiger partial charge in [-0.25, -0.2) is 0 Å². The molecule has 1 aromatic carbocycles. The first kappa shape index (κ1) is 17.0. The molecule has 1 atom stereocenters. The van der Waals surface area contributed by atoms with Crippen LogP contribution in [0.4, 0.5) is 0 Å². The van der Waals surface area contributed by atoms with Gasteiger partial charge in [-0.05, 0) is 33.2 Å². The molecule has 0 bridgehead atoms. The maximum absolute atomic E-state index is 11.9. The minimum atomic E-state index is -0.0126. The highest BCUT2D eigenvalue weighted by molar-refractivity contribution is 5.76. The lowest BCUT2D eigenvalue weighted by Gasteiger charge is -2.18. The van der Waals surface area contributed by atoms with Gasteiger partial charge in [-0.1, -0.05) is 17.3 Å². The molecular formula is C17H23N3O3. The zero-order chi connectivity index (χ0) is 16.8. The van der Waals surface area contributed by atoms with Gasteiger partial charge in [0.1, 0.15) is 11.4 Å². The van der Waals surface area contributed by atoms with Gasteiger partial charge in [0.25, 0.3) is 0 Å². The monoisotopic (exact) mass is 317 g/mol. The first-order valence-corrected chi connectivity index (χ1v) is 7.53. The van der Waals surface area contributed by atoms with E-state index in [4.69, 9.17) is 9.26 Å². The van der Waals surface area contributed by atoms with E-state index in [-0.39, 0.29) is 11.9 Å². The van der Waals surface area contributed by atoms with Crippen LogP contribution in [-0.2, 0) is 11.3 Å². The second-order valence-electron chi connectivity index (χ2n) is 5.67. The minimum absolute atomic E-state index is 0.0126. The molecule has 1 aromatic heterocycles. The lowest BCUT2D eigenvalue weighted by Crippen LogP contribution is -2.32. The standard InChI is InChI=1S/C17H23N3O3/c1-12(20(2)3)9-17(21)18-11-13-10-15(19-23-13)14-7-5-6-8-16(14)22-4/h5-8,10,12H,9,11H2,1-4H3,(H,18,21)/t12-/m1/s1. The average Bonchev–Trinajstić information content (AvgIpc) is 3.01. The highest BCUT2D eigenvalue weighted by Gasteiger charge is 2.13. The van der Waals surface area contributed by atoms with Crippen LogP contribution in [0, 0.1) is 0 Å². The van der Waals surface area contributed by atoms with Crippen molar-refractivity contribution in [1.29, 1.82) is 0 Å². The van der Waals surface area contributed by atoms with Gasteiger partial charge in [0, 0.05) is 24.1 Å². The number of rotatable bonds is 7. The topological polar surface area (TPSA) is 67.6 Å². The van der Waals surface area contributed by atoms with Crippen molar-refractivity contribution < 1.29 is 14.1 Å². The van der Waals surface area contributed by atoms with E-state index in [0.29, 0.717) is 24.4 Å². The minimum Gasteiger partial charge on any atom is -0.496 e. The Balaban J connectivity index is 1.96. The Kier molecular flexibility index (Phi) is 5.76. The summed E-state index contributed by atoms with van der Waals surface area (Å²) < 4.78 is 10.6. The summed E-state index contributed by atoms with van der Waals surface area (Å²) in [6.45, 7) is 2.33. The normalized spacial score (nSPS) is 12.2. The van der Waals surface area contributed by atoms with Gasteiger partial charge in [-0.2, -0.15) is 0 Å². The molecule has 6 nitrogen and oxygen atoms in total. The number of amides is 1. The van der Waals surface area contributed by atoms with Crippen molar-refractivity contribution in [3.63, 3.8) is 0 Å². The summed E-state index contributed by atoms with van der Waals surface area (Å²) in [4.78, 5) is 13.9. The molecule has 0 unspecified atom stereocenters. The zero-order valence-electron chi connectivity index (χ0n) is 14.0. The molecule has 2 aromatic rings. The molecule has 0 aliphatic rings. The fourth-order valence-corrected chi connectivity index (χ4v) is 2.09. The van der Waals surface area contributed by atoms with E-state index in [9.17, 15) is 4.79 Å². The van der Waals surface area contributed by atoms with Crippen LogP contribution in [0.5, 0.6) is 5.75 Å². The summed E-state index contributed by atoms with van der Waals surface area (Å²) in [5, 5.41) is 6.90. The van der Waals surface area contributed by atoms with E-state index in [2.05, 4.69) is 10.5 Å². The fourth-order valence-electron chi connectivity index (χ4n) is 2.09. The summed E-state index contributed by atoms with van der Waals surface area (Å²) in [7, 11) is 5.52. The quantitative estimate of drug-likeness (QED) is 0.849. The summed E-state index contributed by atoms with van der Waals surface area (Å²) in [5.41, 5.74) is 1.55. The number of para-hydroxylation sites is 1. The van der Waals surface area contributed by atoms with Crippen LogP contribution in [-0.4, -0.2) is 43.2 Å². The number of nitrogens with one attached hydrogen (secondary N) is 1. The van der Waals surface area contributed by atoms with E-state index in [1.807, 2.05) is 56.3 Å². The molecule has 1 amide bonds. The van der Waals surface area contributed by atoms with Crippen molar-refractivity contribution in [2.24, 2.45) is 0 Å². The Hall–Kier alpha value is -2.34. The molecule has 0 fully saturated rings. The number of benzene rings is 1. The molecular weight excluding hydrogens is 294 g/mol. The maximum atomic E-state index is 11.9. The Morgan fingerprint density at radius 2 is 2.13 bits per heavy atom. The molecule has 0 spiro atoms. The van der Waals surface area contributed by atoms with Gasteiger partial charge in [0.15, 0.2) is 5.76 Å². The number of ether oxygens (including phenoxy) is 1. The van der Waals surface area contributed by atoms with Crippen molar-refractivity contribution in [3.8, 4) is 17.0 Å². The number of nitrogens with zero attached hydrogens (tertiary/aromatic N) is 2. The van der Waals surface area contributed by atoms with Gasteiger partial charge < -0.3 is 19.5 Å². The molecule has 23 heavy (non-hydrogen) atoms. The van der Waals surface area contributed by atoms with Gasteiger partial charge >= 0.3 is 0 Å². The summed E-state index contributed by atoms with van der Waals surface area (Å²) in [6.07, 6.45) is 0.445. The zero-order valence-corrected chi connectivity index (χ0v) is 14.0. The van der Waals surface area contributed by atoms with Crippen molar-refractivity contribution in [1.82, 2.24) is 15.4 Å². The number of hydrogen-bond acceptors (Lipinski definition) is 5. The number of aromatic nitrogens is 1. The molecule has 0 radical (unpaired) electrons. The number of carbonyl (C=O) groups excluding carboxylic acids is 1. The Bertz CT molecular complexity index is 652. The molecule has 0 saturated heterocycles. The van der Waals surface area contributed by atoms with Crippen molar-refractivity contribution in [3.05, 3.63) is 36.1 Å². The second kappa shape index (κ2) is 7.78. The van der Waals surface area contributed by atoms with Gasteiger partial charge in [0.2, 0.25) is 5.91 Å². The van der Waals surface area contributed by atoms with Crippen LogP contribution in [0.1, 0.15) is 19.1 Å². The highest BCUT2D eigenvalue weighted by Crippen LogP contribution is 2.28. The van der Waals surface area contributed by atoms with E-state index in [1.165, 1.54) is 0 Å². The SMILES string of the molecule is COc1ccccc1-c1cc(CNC(=O)C[C@@H](C)N(C)C)on1. The second-order valence-corrected chi connectivity index (χ2v) is 5.67. The van der Waals surface area contributed by atoms with Crippen LogP contribution in [0.25, 0.3) is 11.3 Å². The molecule has 124 valence electrons. The van der Waals surface area contributed by atoms with Crippen LogP contribution in [0.2, 0.25) is 0 Å². The van der Waals surface area contributed by atoms with Gasteiger partial charge in [-0.3, -0.25) is 4.79 Å². The summed E-state index contributed by atoms with van der Waals surface area (Å²) in [5.74, 6) is 1.33. The number of hydrogen-bond donors (Lipinski definition) is 1. The fraction of sp³-hybridized carbons (Fsp3) is 0.412. The Morgan fingerprint density at radius 1 is 1.39 bits per heavy atom. The van der Waals surface area contributed by atoms with E-state index >= 15 is 0 Å². The lowest BCUT2D eigenvalue weighted by molar-refractivity contribution is -0.122. The smallest absolute Gasteiger partial charge is 0.221 e. The van der Waals surface area contributed by atoms with Crippen LogP contribution in [0.15, 0.2) is 34.9 Å². The highest BCUT2D eigenvalue weighted by atomic mass is 16.5. The van der Waals surface area contributed by atoms with Crippen molar-refractivity contribution in [2.75, 3.05) is 21.2 Å². The molecule has 0 saturated carbocycles. The number of carbonyl (C=O) groups is 1. The van der Waals surface area contributed by atoms with Gasteiger partial charge in [0.05, 0.1) is 13.7 Å². The van der Waals surface area contributed by atoms with Crippen molar-refractivity contribution >= 4 is 5.91 Å². The first-order chi connectivity index (χ1) is 11.0. The van der Waals surface area contributed by atoms with E-state index in [0.717, 1.165) is 11.3 Å².